The molecule has 0 aromatic heterocycles. The van der Waals surface area contributed by atoms with Gasteiger partial charge in [0.05, 0.1) is 0 Å². The van der Waals surface area contributed by atoms with Crippen LogP contribution in [0.3, 0.4) is 0 Å². The average molecular weight is 243 g/mol. The van der Waals surface area contributed by atoms with Gasteiger partial charge in [-0.15, -0.1) is 0 Å². The number of hydrogen-bond donors (Lipinski definition) is 1. The lowest BCUT2D eigenvalue weighted by Crippen LogP contribution is -2.02. The highest BCUT2D eigenvalue weighted by Crippen LogP contribution is 2.34. The highest BCUT2D eigenvalue weighted by atomic mass is 14.9. The lowest BCUT2D eigenvalue weighted by molar-refractivity contribution is 0.592. The molecule has 0 saturated heterocycles. The van der Waals surface area contributed by atoms with Gasteiger partial charge in [-0.25, -0.2) is 0 Å². The normalized spacial score (nSPS) is 21.6. The largest absolute Gasteiger partial charge is 0.385 e. The van der Waals surface area contributed by atoms with E-state index in [1.807, 2.05) is 0 Å². The zero-order chi connectivity index (χ0) is 12.2. The molecule has 0 atom stereocenters. The Morgan fingerprint density at radius 2 is 1.72 bits per heavy atom. The van der Waals surface area contributed by atoms with E-state index in [0.717, 1.165) is 12.5 Å². The summed E-state index contributed by atoms with van der Waals surface area (Å²) in [6, 6.07) is 7.22. The molecule has 0 amide bonds. The number of hydrogen-bond acceptors (Lipinski definition) is 1. The molecule has 3 rings (SSSR count). The maximum absolute atomic E-state index is 3.57. The SMILES string of the molecule is c1cc2c(cc1C1CCCCCC1)CCCCN2. The van der Waals surface area contributed by atoms with Gasteiger partial charge in [0.1, 0.15) is 0 Å². The van der Waals surface area contributed by atoms with Crippen LogP contribution in [0.25, 0.3) is 0 Å². The minimum absolute atomic E-state index is 0.834. The lowest BCUT2D eigenvalue weighted by atomic mass is 9.90. The highest BCUT2D eigenvalue weighted by Gasteiger charge is 2.16. The van der Waals surface area contributed by atoms with E-state index in [9.17, 15) is 0 Å². The molecule has 1 heterocycles. The molecule has 0 spiro atoms. The Kier molecular flexibility index (Phi) is 3.87. The molecule has 0 unspecified atom stereocenters. The molecule has 1 aliphatic carbocycles. The summed E-state index contributed by atoms with van der Waals surface area (Å²) in [5.41, 5.74) is 4.57. The number of anilines is 1. The number of aryl methyl sites for hydroxylation is 1. The standard InChI is InChI=1S/C17H25N/c1-2-4-8-14(7-3-1)15-10-11-17-16(13-15)9-5-6-12-18-17/h10-11,13-14,18H,1-9,12H2. The monoisotopic (exact) mass is 243 g/mol. The predicted molar refractivity (Wildman–Crippen MR) is 78.3 cm³/mol. The van der Waals surface area contributed by atoms with Gasteiger partial charge in [-0.2, -0.15) is 0 Å². The Morgan fingerprint density at radius 3 is 2.56 bits per heavy atom. The van der Waals surface area contributed by atoms with Gasteiger partial charge >= 0.3 is 0 Å². The van der Waals surface area contributed by atoms with Crippen molar-refractivity contribution in [2.24, 2.45) is 0 Å². The summed E-state index contributed by atoms with van der Waals surface area (Å²) in [4.78, 5) is 0. The van der Waals surface area contributed by atoms with Gasteiger partial charge in [-0.1, -0.05) is 37.8 Å². The molecule has 18 heavy (non-hydrogen) atoms. The van der Waals surface area contributed by atoms with E-state index in [2.05, 4.69) is 23.5 Å². The second kappa shape index (κ2) is 5.77. The molecule has 2 aliphatic rings. The van der Waals surface area contributed by atoms with E-state index in [1.54, 1.807) is 11.1 Å². The lowest BCUT2D eigenvalue weighted by Gasteiger charge is -2.17. The van der Waals surface area contributed by atoms with Crippen LogP contribution in [0.2, 0.25) is 0 Å². The van der Waals surface area contributed by atoms with Crippen LogP contribution in [0, 0.1) is 0 Å². The summed E-state index contributed by atoms with van der Waals surface area (Å²) >= 11 is 0. The van der Waals surface area contributed by atoms with Crippen LogP contribution >= 0.6 is 0 Å². The van der Waals surface area contributed by atoms with Crippen molar-refractivity contribution < 1.29 is 0 Å². The molecule has 1 fully saturated rings. The van der Waals surface area contributed by atoms with Crippen molar-refractivity contribution in [1.82, 2.24) is 0 Å². The van der Waals surface area contributed by atoms with Crippen LogP contribution in [0.4, 0.5) is 5.69 Å². The zero-order valence-corrected chi connectivity index (χ0v) is 11.4. The molecule has 1 saturated carbocycles. The van der Waals surface area contributed by atoms with Crippen LogP contribution in [0.5, 0.6) is 0 Å². The molecule has 98 valence electrons. The van der Waals surface area contributed by atoms with Gasteiger partial charge in [0.2, 0.25) is 0 Å². The van der Waals surface area contributed by atoms with Gasteiger partial charge < -0.3 is 5.32 Å². The van der Waals surface area contributed by atoms with Crippen LogP contribution in [0.1, 0.15) is 68.4 Å². The van der Waals surface area contributed by atoms with Crippen molar-refractivity contribution in [2.45, 2.75) is 63.7 Å². The Bertz CT molecular complexity index is 389. The maximum Gasteiger partial charge on any atom is 0.0372 e. The molecule has 0 bridgehead atoms. The third kappa shape index (κ3) is 2.71. The van der Waals surface area contributed by atoms with E-state index in [0.29, 0.717) is 0 Å². The zero-order valence-electron chi connectivity index (χ0n) is 11.4. The summed E-state index contributed by atoms with van der Waals surface area (Å²) in [5.74, 6) is 0.834. The Labute approximate surface area is 111 Å². The maximum atomic E-state index is 3.57. The fraction of sp³-hybridized carbons (Fsp3) is 0.647. The number of nitrogens with one attached hydrogen (secondary N) is 1. The first kappa shape index (κ1) is 12.1. The second-order valence-corrected chi connectivity index (χ2v) is 5.99. The second-order valence-electron chi connectivity index (χ2n) is 5.99. The fourth-order valence-electron chi connectivity index (χ4n) is 3.52. The van der Waals surface area contributed by atoms with Gasteiger partial charge in [0.25, 0.3) is 0 Å². The van der Waals surface area contributed by atoms with Crippen LogP contribution in [-0.4, -0.2) is 6.54 Å². The first-order valence-electron chi connectivity index (χ1n) is 7.80. The van der Waals surface area contributed by atoms with Crippen molar-refractivity contribution in [3.05, 3.63) is 29.3 Å². The van der Waals surface area contributed by atoms with Crippen LogP contribution in [0.15, 0.2) is 18.2 Å². The molecule has 1 nitrogen and oxygen atoms in total. The molecule has 1 aromatic rings. The fourth-order valence-corrected chi connectivity index (χ4v) is 3.52. The number of benzene rings is 1. The van der Waals surface area contributed by atoms with E-state index >= 15 is 0 Å². The first-order valence-corrected chi connectivity index (χ1v) is 7.80. The molecular weight excluding hydrogens is 218 g/mol. The van der Waals surface area contributed by atoms with Crippen LogP contribution < -0.4 is 5.32 Å². The van der Waals surface area contributed by atoms with Gasteiger partial charge in [0, 0.05) is 12.2 Å². The van der Waals surface area contributed by atoms with Crippen LogP contribution in [-0.2, 0) is 6.42 Å². The smallest absolute Gasteiger partial charge is 0.0372 e. The van der Waals surface area contributed by atoms with Crippen molar-refractivity contribution in [3.63, 3.8) is 0 Å². The Morgan fingerprint density at radius 1 is 0.889 bits per heavy atom. The third-order valence-corrected chi connectivity index (χ3v) is 4.64. The summed E-state index contributed by atoms with van der Waals surface area (Å²) in [7, 11) is 0. The van der Waals surface area contributed by atoms with Gasteiger partial charge in [-0.05, 0) is 55.2 Å². The molecule has 1 aliphatic heterocycles. The van der Waals surface area contributed by atoms with Crippen molar-refractivity contribution in [1.29, 1.82) is 0 Å². The quantitative estimate of drug-likeness (QED) is 0.694. The van der Waals surface area contributed by atoms with E-state index in [1.165, 1.54) is 63.5 Å². The Balaban J connectivity index is 1.81. The predicted octanol–water partition coefficient (Wildman–Crippen LogP) is 4.87. The summed E-state index contributed by atoms with van der Waals surface area (Å²) < 4.78 is 0. The van der Waals surface area contributed by atoms with Gasteiger partial charge in [0.15, 0.2) is 0 Å². The van der Waals surface area contributed by atoms with E-state index in [-0.39, 0.29) is 0 Å². The molecule has 1 heteroatoms. The average Bonchev–Trinajstić information content (AvgIpc) is 2.80. The number of fused-ring (bicyclic) bond motifs is 1. The molecule has 0 radical (unpaired) electrons. The van der Waals surface area contributed by atoms with Crippen molar-refractivity contribution >= 4 is 5.69 Å². The summed E-state index contributed by atoms with van der Waals surface area (Å²) in [5, 5.41) is 3.57. The first-order chi connectivity index (χ1) is 8.93. The minimum Gasteiger partial charge on any atom is -0.385 e. The highest BCUT2D eigenvalue weighted by molar-refractivity contribution is 5.54. The molecule has 1 N–H and O–H groups in total. The van der Waals surface area contributed by atoms with Gasteiger partial charge in [-0.3, -0.25) is 0 Å². The van der Waals surface area contributed by atoms with Crippen molar-refractivity contribution in [3.8, 4) is 0 Å². The summed E-state index contributed by atoms with van der Waals surface area (Å²) in [6.07, 6.45) is 12.5. The van der Waals surface area contributed by atoms with E-state index in [4.69, 9.17) is 0 Å². The Hall–Kier alpha value is -0.980. The molecular formula is C17H25N. The molecule has 1 aromatic carbocycles. The van der Waals surface area contributed by atoms with E-state index < -0.39 is 0 Å². The van der Waals surface area contributed by atoms with Crippen molar-refractivity contribution in [2.75, 3.05) is 11.9 Å². The third-order valence-electron chi connectivity index (χ3n) is 4.64. The topological polar surface area (TPSA) is 12.0 Å². The summed E-state index contributed by atoms with van der Waals surface area (Å²) in [6.45, 7) is 1.15. The number of rotatable bonds is 1. The minimum atomic E-state index is 0.834.